The SMILES string of the molecule is COc1ccc(NS(=O)(=O)c2ccc3c(c2)CCC(C)(C)O3)cc1Cl. The van der Waals surface area contributed by atoms with Crippen molar-refractivity contribution in [2.75, 3.05) is 11.8 Å². The minimum absolute atomic E-state index is 0.196. The van der Waals surface area contributed by atoms with Crippen molar-refractivity contribution < 1.29 is 17.9 Å². The summed E-state index contributed by atoms with van der Waals surface area (Å²) >= 11 is 6.05. The molecule has 0 bridgehead atoms. The first-order valence-corrected chi connectivity index (χ1v) is 9.75. The number of hydrogen-bond donors (Lipinski definition) is 1. The summed E-state index contributed by atoms with van der Waals surface area (Å²) in [7, 11) is -2.22. The molecule has 1 heterocycles. The van der Waals surface area contributed by atoms with Crippen LogP contribution in [-0.4, -0.2) is 21.1 Å². The first-order chi connectivity index (χ1) is 11.7. The highest BCUT2D eigenvalue weighted by molar-refractivity contribution is 7.92. The van der Waals surface area contributed by atoms with Crippen molar-refractivity contribution in [2.24, 2.45) is 0 Å². The van der Waals surface area contributed by atoms with Gasteiger partial charge in [-0.15, -0.1) is 0 Å². The van der Waals surface area contributed by atoms with E-state index in [2.05, 4.69) is 4.72 Å². The van der Waals surface area contributed by atoms with Crippen LogP contribution in [-0.2, 0) is 16.4 Å². The molecule has 25 heavy (non-hydrogen) atoms. The lowest BCUT2D eigenvalue weighted by molar-refractivity contribution is 0.0845. The number of rotatable bonds is 4. The van der Waals surface area contributed by atoms with Gasteiger partial charge < -0.3 is 9.47 Å². The van der Waals surface area contributed by atoms with Crippen molar-refractivity contribution >= 4 is 27.3 Å². The molecular weight excluding hydrogens is 362 g/mol. The van der Waals surface area contributed by atoms with E-state index < -0.39 is 10.0 Å². The Morgan fingerprint density at radius 1 is 1.20 bits per heavy atom. The van der Waals surface area contributed by atoms with Crippen LogP contribution in [0.2, 0.25) is 5.02 Å². The van der Waals surface area contributed by atoms with E-state index in [0.29, 0.717) is 16.5 Å². The topological polar surface area (TPSA) is 64.6 Å². The van der Waals surface area contributed by atoms with Crippen LogP contribution < -0.4 is 14.2 Å². The molecule has 0 aromatic heterocycles. The lowest BCUT2D eigenvalue weighted by Gasteiger charge is -2.32. The van der Waals surface area contributed by atoms with Crippen LogP contribution in [0.5, 0.6) is 11.5 Å². The Balaban J connectivity index is 1.87. The van der Waals surface area contributed by atoms with Crippen molar-refractivity contribution in [1.82, 2.24) is 0 Å². The number of aryl methyl sites for hydroxylation is 1. The fraction of sp³-hybridized carbons (Fsp3) is 0.333. The van der Waals surface area contributed by atoms with Gasteiger partial charge in [-0.1, -0.05) is 11.6 Å². The summed E-state index contributed by atoms with van der Waals surface area (Å²) in [5.74, 6) is 1.22. The molecule has 3 rings (SSSR count). The molecule has 0 spiro atoms. The van der Waals surface area contributed by atoms with Crippen LogP contribution >= 0.6 is 11.6 Å². The molecule has 0 saturated heterocycles. The number of methoxy groups -OCH3 is 1. The molecule has 0 saturated carbocycles. The van der Waals surface area contributed by atoms with Gasteiger partial charge >= 0.3 is 0 Å². The fourth-order valence-corrected chi connectivity index (χ4v) is 4.10. The molecule has 2 aromatic carbocycles. The minimum atomic E-state index is -3.72. The van der Waals surface area contributed by atoms with E-state index in [1.54, 1.807) is 30.3 Å². The molecule has 1 N–H and O–H groups in total. The van der Waals surface area contributed by atoms with E-state index in [0.717, 1.165) is 24.2 Å². The van der Waals surface area contributed by atoms with Gasteiger partial charge in [0.25, 0.3) is 10.0 Å². The van der Waals surface area contributed by atoms with Gasteiger partial charge in [-0.05, 0) is 68.7 Å². The number of sulfonamides is 1. The van der Waals surface area contributed by atoms with E-state index in [1.165, 1.54) is 13.2 Å². The molecule has 134 valence electrons. The van der Waals surface area contributed by atoms with Crippen molar-refractivity contribution in [3.8, 4) is 11.5 Å². The van der Waals surface area contributed by atoms with Gasteiger partial charge in [0.2, 0.25) is 0 Å². The summed E-state index contributed by atoms with van der Waals surface area (Å²) in [6.45, 7) is 4.05. The Labute approximate surface area is 153 Å². The second-order valence-electron chi connectivity index (χ2n) is 6.59. The maximum absolute atomic E-state index is 12.7. The largest absolute Gasteiger partial charge is 0.495 e. The Hall–Kier alpha value is -1.92. The molecule has 1 aliphatic heterocycles. The monoisotopic (exact) mass is 381 g/mol. The minimum Gasteiger partial charge on any atom is -0.495 e. The zero-order valence-corrected chi connectivity index (χ0v) is 15.9. The van der Waals surface area contributed by atoms with Gasteiger partial charge in [0, 0.05) is 0 Å². The molecule has 7 heteroatoms. The van der Waals surface area contributed by atoms with E-state index in [-0.39, 0.29) is 10.5 Å². The molecule has 0 unspecified atom stereocenters. The van der Waals surface area contributed by atoms with Gasteiger partial charge in [-0.25, -0.2) is 8.42 Å². The van der Waals surface area contributed by atoms with Gasteiger partial charge in [-0.3, -0.25) is 4.72 Å². The summed E-state index contributed by atoms with van der Waals surface area (Å²) in [6, 6.07) is 9.66. The maximum Gasteiger partial charge on any atom is 0.261 e. The average molecular weight is 382 g/mol. The number of ether oxygens (including phenoxy) is 2. The smallest absolute Gasteiger partial charge is 0.261 e. The Morgan fingerprint density at radius 2 is 1.96 bits per heavy atom. The number of anilines is 1. The normalized spacial score (nSPS) is 15.8. The van der Waals surface area contributed by atoms with E-state index >= 15 is 0 Å². The third kappa shape index (κ3) is 3.85. The van der Waals surface area contributed by atoms with Crippen molar-refractivity contribution in [2.45, 2.75) is 37.2 Å². The maximum atomic E-state index is 12.7. The molecule has 1 aliphatic rings. The molecule has 0 amide bonds. The number of nitrogens with one attached hydrogen (secondary N) is 1. The van der Waals surface area contributed by atoms with Gasteiger partial charge in [0.1, 0.15) is 17.1 Å². The second kappa shape index (κ2) is 6.42. The van der Waals surface area contributed by atoms with Crippen molar-refractivity contribution in [1.29, 1.82) is 0 Å². The average Bonchev–Trinajstić information content (AvgIpc) is 2.53. The first-order valence-electron chi connectivity index (χ1n) is 7.88. The quantitative estimate of drug-likeness (QED) is 0.859. The summed E-state index contributed by atoms with van der Waals surface area (Å²) in [5.41, 5.74) is 1.04. The molecule has 2 aromatic rings. The molecule has 0 aliphatic carbocycles. The lowest BCUT2D eigenvalue weighted by Crippen LogP contribution is -2.32. The van der Waals surface area contributed by atoms with Crippen molar-refractivity contribution in [3.63, 3.8) is 0 Å². The number of benzene rings is 2. The van der Waals surface area contributed by atoms with E-state index in [9.17, 15) is 8.42 Å². The zero-order chi connectivity index (χ0) is 18.2. The van der Waals surface area contributed by atoms with Gasteiger partial charge in [-0.2, -0.15) is 0 Å². The van der Waals surface area contributed by atoms with Crippen LogP contribution in [0.4, 0.5) is 5.69 Å². The third-order valence-electron chi connectivity index (χ3n) is 4.13. The van der Waals surface area contributed by atoms with Gasteiger partial charge in [0.15, 0.2) is 0 Å². The lowest BCUT2D eigenvalue weighted by atomic mass is 9.94. The molecule has 0 radical (unpaired) electrons. The third-order valence-corrected chi connectivity index (χ3v) is 5.80. The van der Waals surface area contributed by atoms with Crippen LogP contribution in [0.1, 0.15) is 25.8 Å². The van der Waals surface area contributed by atoms with Crippen LogP contribution in [0.25, 0.3) is 0 Å². The summed E-state index contributed by atoms with van der Waals surface area (Å²) in [6.07, 6.45) is 1.62. The highest BCUT2D eigenvalue weighted by Crippen LogP contribution is 2.35. The van der Waals surface area contributed by atoms with Crippen LogP contribution in [0.3, 0.4) is 0 Å². The Morgan fingerprint density at radius 3 is 2.64 bits per heavy atom. The van der Waals surface area contributed by atoms with Crippen LogP contribution in [0, 0.1) is 0 Å². The Kier molecular flexibility index (Phi) is 4.60. The number of halogens is 1. The summed E-state index contributed by atoms with van der Waals surface area (Å²) in [5, 5.41) is 0.337. The first kappa shape index (κ1) is 17.9. The van der Waals surface area contributed by atoms with Crippen molar-refractivity contribution in [3.05, 3.63) is 47.0 Å². The number of fused-ring (bicyclic) bond motifs is 1. The van der Waals surface area contributed by atoms with Crippen LogP contribution in [0.15, 0.2) is 41.3 Å². The summed E-state index contributed by atoms with van der Waals surface area (Å²) < 4.78 is 38.8. The predicted molar refractivity (Wildman–Crippen MR) is 98.3 cm³/mol. The van der Waals surface area contributed by atoms with E-state index in [4.69, 9.17) is 21.1 Å². The highest BCUT2D eigenvalue weighted by atomic mass is 35.5. The molecule has 0 atom stereocenters. The molecular formula is C18H20ClNO4S. The standard InChI is InChI=1S/C18H20ClNO4S/c1-18(2)9-8-12-10-14(5-7-16(12)24-18)25(21,22)20-13-4-6-17(23-3)15(19)11-13/h4-7,10-11,20H,8-9H2,1-3H3. The number of hydrogen-bond acceptors (Lipinski definition) is 4. The molecule has 5 nitrogen and oxygen atoms in total. The highest BCUT2D eigenvalue weighted by Gasteiger charge is 2.27. The summed E-state index contributed by atoms with van der Waals surface area (Å²) in [4.78, 5) is 0.196. The predicted octanol–water partition coefficient (Wildman–Crippen LogP) is 4.25. The zero-order valence-electron chi connectivity index (χ0n) is 14.3. The fourth-order valence-electron chi connectivity index (χ4n) is 2.75. The van der Waals surface area contributed by atoms with Gasteiger partial charge in [0.05, 0.1) is 22.7 Å². The Bertz CT molecular complexity index is 909. The molecule has 0 fully saturated rings. The second-order valence-corrected chi connectivity index (χ2v) is 8.68. The van der Waals surface area contributed by atoms with E-state index in [1.807, 2.05) is 13.8 Å².